The molecule has 0 amide bonds. The second-order valence-corrected chi connectivity index (χ2v) is 11.1. The predicted octanol–water partition coefficient (Wildman–Crippen LogP) is 10.2. The van der Waals surface area contributed by atoms with Crippen molar-refractivity contribution in [3.63, 3.8) is 0 Å². The van der Waals surface area contributed by atoms with E-state index in [1.807, 2.05) is 92.1 Å². The molecule has 0 aliphatic heterocycles. The summed E-state index contributed by atoms with van der Waals surface area (Å²) in [7, 11) is 0. The number of nitrogens with zero attached hydrogens (tertiary/aromatic N) is 3. The Morgan fingerprint density at radius 2 is 1.36 bits per heavy atom. The van der Waals surface area contributed by atoms with Crippen LogP contribution in [0.25, 0.3) is 55.7 Å². The minimum atomic E-state index is 0. The number of hydrogen-bond donors (Lipinski definition) is 0. The molecule has 5 heteroatoms. The van der Waals surface area contributed by atoms with Crippen molar-refractivity contribution in [3.05, 3.63) is 175 Å². The maximum atomic E-state index is 6.26. The Morgan fingerprint density at radius 1 is 0.596 bits per heavy atom. The molecule has 0 aliphatic carbocycles. The quantitative estimate of drug-likeness (QED) is 0.158. The van der Waals surface area contributed by atoms with E-state index in [4.69, 9.17) is 14.4 Å². The first-order valence-corrected chi connectivity index (χ1v) is 15.4. The third-order valence-electron chi connectivity index (χ3n) is 7.89. The standard InChI is InChI=1S/C30H21N2O.C12H10N.Ir/c1-3-8-21(9-4-1)14-16-24-17-18-26-25-12-7-13-27(29(25)33-30(26)32-24)28-19-15-23(20-31-28)22-10-5-2-6-11-22;1-10-7-8-12(13-9-10)11-5-3-2-4-6-11;/h1-12,15,17-20H,14,16H2;2-5,7-9H,1H3;/q2*-1;. The molecule has 0 fully saturated rings. The van der Waals surface area contributed by atoms with Crippen molar-refractivity contribution in [1.29, 1.82) is 0 Å². The number of furan rings is 1. The van der Waals surface area contributed by atoms with E-state index < -0.39 is 0 Å². The molecule has 4 nitrogen and oxygen atoms in total. The second kappa shape index (κ2) is 14.9. The van der Waals surface area contributed by atoms with Gasteiger partial charge >= 0.3 is 0 Å². The normalized spacial score (nSPS) is 10.7. The fourth-order valence-corrected chi connectivity index (χ4v) is 5.43. The van der Waals surface area contributed by atoms with Gasteiger partial charge in [0.15, 0.2) is 0 Å². The number of pyridine rings is 3. The summed E-state index contributed by atoms with van der Waals surface area (Å²) in [6.07, 6.45) is 5.60. The fraction of sp³-hybridized carbons (Fsp3) is 0.0714. The summed E-state index contributed by atoms with van der Waals surface area (Å²) in [5, 5.41) is 2.06. The van der Waals surface area contributed by atoms with E-state index in [2.05, 4.69) is 77.8 Å². The molecule has 8 aromatic rings. The summed E-state index contributed by atoms with van der Waals surface area (Å²) in [6, 6.07) is 51.5. The van der Waals surface area contributed by atoms with Gasteiger partial charge < -0.3 is 14.4 Å². The van der Waals surface area contributed by atoms with E-state index >= 15 is 0 Å². The van der Waals surface area contributed by atoms with E-state index in [1.54, 1.807) is 0 Å². The molecule has 0 atom stereocenters. The molecule has 8 rings (SSSR count). The Bertz CT molecular complexity index is 2180. The summed E-state index contributed by atoms with van der Waals surface area (Å²) in [6.45, 7) is 2.03. The first kappa shape index (κ1) is 31.7. The number of fused-ring (bicyclic) bond motifs is 3. The number of aromatic nitrogens is 3. The molecule has 0 saturated carbocycles. The van der Waals surface area contributed by atoms with E-state index in [-0.39, 0.29) is 20.1 Å². The summed E-state index contributed by atoms with van der Waals surface area (Å²) < 4.78 is 6.26. The van der Waals surface area contributed by atoms with Gasteiger partial charge in [0, 0.05) is 43.6 Å². The molecule has 4 aromatic carbocycles. The molecule has 0 bridgehead atoms. The van der Waals surface area contributed by atoms with Gasteiger partial charge in [-0.1, -0.05) is 95.9 Å². The minimum Gasteiger partial charge on any atom is -0.486 e. The maximum Gasteiger partial charge on any atom is 0.216 e. The van der Waals surface area contributed by atoms with Crippen LogP contribution in [-0.2, 0) is 32.9 Å². The Labute approximate surface area is 288 Å². The Morgan fingerprint density at radius 3 is 2.09 bits per heavy atom. The Hall–Kier alpha value is -5.22. The number of benzene rings is 4. The van der Waals surface area contributed by atoms with Crippen LogP contribution >= 0.6 is 0 Å². The predicted molar refractivity (Wildman–Crippen MR) is 186 cm³/mol. The monoisotopic (exact) mass is 786 g/mol. The van der Waals surface area contributed by atoms with Crippen LogP contribution in [0.2, 0.25) is 0 Å². The van der Waals surface area contributed by atoms with Crippen LogP contribution in [0.3, 0.4) is 0 Å². The molecule has 47 heavy (non-hydrogen) atoms. The van der Waals surface area contributed by atoms with E-state index in [9.17, 15) is 0 Å². The largest absolute Gasteiger partial charge is 0.486 e. The third kappa shape index (κ3) is 7.44. The number of rotatable bonds is 6. The molecule has 231 valence electrons. The zero-order chi connectivity index (χ0) is 31.1. The first-order valence-electron chi connectivity index (χ1n) is 15.4. The second-order valence-electron chi connectivity index (χ2n) is 11.1. The van der Waals surface area contributed by atoms with Crippen molar-refractivity contribution in [2.75, 3.05) is 0 Å². The van der Waals surface area contributed by atoms with Crippen LogP contribution in [0.4, 0.5) is 0 Å². The van der Waals surface area contributed by atoms with Crippen molar-refractivity contribution >= 4 is 22.1 Å². The zero-order valence-corrected chi connectivity index (χ0v) is 28.2. The molecule has 0 N–H and O–H groups in total. The molecule has 0 spiro atoms. The molecular formula is C42H31IrN3O-2. The van der Waals surface area contributed by atoms with E-state index in [1.165, 1.54) is 11.1 Å². The van der Waals surface area contributed by atoms with Gasteiger partial charge in [-0.2, -0.15) is 0 Å². The summed E-state index contributed by atoms with van der Waals surface area (Å²) in [5.74, 6) is 0. The molecule has 0 aliphatic rings. The molecule has 1 radical (unpaired) electrons. The number of aryl methyl sites for hydroxylation is 3. The van der Waals surface area contributed by atoms with Crippen LogP contribution in [0.5, 0.6) is 0 Å². The number of hydrogen-bond acceptors (Lipinski definition) is 4. The smallest absolute Gasteiger partial charge is 0.216 e. The summed E-state index contributed by atoms with van der Waals surface area (Å²) >= 11 is 0. The van der Waals surface area contributed by atoms with Crippen molar-refractivity contribution in [2.45, 2.75) is 19.8 Å². The average molecular weight is 786 g/mol. The maximum absolute atomic E-state index is 6.26. The van der Waals surface area contributed by atoms with Gasteiger partial charge in [0.05, 0.1) is 5.58 Å². The van der Waals surface area contributed by atoms with Gasteiger partial charge in [-0.3, -0.25) is 0 Å². The Kier molecular flexibility index (Phi) is 10.1. The third-order valence-corrected chi connectivity index (χ3v) is 7.89. The van der Waals surface area contributed by atoms with Crippen molar-refractivity contribution in [2.24, 2.45) is 0 Å². The zero-order valence-electron chi connectivity index (χ0n) is 25.9. The van der Waals surface area contributed by atoms with E-state index in [0.29, 0.717) is 5.71 Å². The topological polar surface area (TPSA) is 51.8 Å². The van der Waals surface area contributed by atoms with Gasteiger partial charge in [0.2, 0.25) is 5.71 Å². The molecule has 0 saturated heterocycles. The summed E-state index contributed by atoms with van der Waals surface area (Å²) in [4.78, 5) is 13.8. The van der Waals surface area contributed by atoms with Crippen LogP contribution in [-0.4, -0.2) is 15.0 Å². The van der Waals surface area contributed by atoms with Crippen LogP contribution < -0.4 is 0 Å². The summed E-state index contributed by atoms with van der Waals surface area (Å²) in [5.41, 5.74) is 10.9. The molecular weight excluding hydrogens is 755 g/mol. The molecule has 4 aromatic heterocycles. The SMILES string of the molecule is Cc1ccc(-c2[c-]cccc2)nc1.[Ir].[c-]1ccc2c(oc3nc(CCc4ccccc4)ccc32)c1-c1ccc(-c2ccccc2)cn1. The fourth-order valence-electron chi connectivity index (χ4n) is 5.43. The van der Waals surface area contributed by atoms with Gasteiger partial charge in [-0.25, -0.2) is 4.98 Å². The van der Waals surface area contributed by atoms with Crippen molar-refractivity contribution in [3.8, 4) is 33.6 Å². The van der Waals surface area contributed by atoms with Gasteiger partial charge in [-0.15, -0.1) is 54.1 Å². The van der Waals surface area contributed by atoms with Crippen LogP contribution in [0, 0.1) is 19.1 Å². The van der Waals surface area contributed by atoms with Crippen LogP contribution in [0.1, 0.15) is 16.8 Å². The van der Waals surface area contributed by atoms with E-state index in [0.717, 1.165) is 68.5 Å². The van der Waals surface area contributed by atoms with Gasteiger partial charge in [0.1, 0.15) is 0 Å². The van der Waals surface area contributed by atoms with Crippen molar-refractivity contribution in [1.82, 2.24) is 15.0 Å². The minimum absolute atomic E-state index is 0. The van der Waals surface area contributed by atoms with Gasteiger partial charge in [-0.05, 0) is 65.5 Å². The first-order chi connectivity index (χ1) is 22.7. The van der Waals surface area contributed by atoms with Crippen LogP contribution in [0.15, 0.2) is 150 Å². The van der Waals surface area contributed by atoms with Crippen molar-refractivity contribution < 1.29 is 24.5 Å². The van der Waals surface area contributed by atoms with Gasteiger partial charge in [0.25, 0.3) is 0 Å². The Balaban J connectivity index is 0.000000232. The molecule has 4 heterocycles. The average Bonchev–Trinajstić information content (AvgIpc) is 3.51. The molecule has 0 unspecified atom stereocenters.